The second kappa shape index (κ2) is 4.67. The summed E-state index contributed by atoms with van der Waals surface area (Å²) in [5.74, 6) is 1.99. The summed E-state index contributed by atoms with van der Waals surface area (Å²) in [6.07, 6.45) is 5.24. The highest BCUT2D eigenvalue weighted by molar-refractivity contribution is 6.31. The predicted molar refractivity (Wildman–Crippen MR) is 78.2 cm³/mol. The Morgan fingerprint density at radius 3 is 2.63 bits per heavy atom. The van der Waals surface area contributed by atoms with Gasteiger partial charge in [0.25, 0.3) is 0 Å². The molecule has 0 radical (unpaired) electrons. The monoisotopic (exact) mass is 278 g/mol. The van der Waals surface area contributed by atoms with E-state index in [4.69, 9.17) is 17.3 Å². The van der Waals surface area contributed by atoms with E-state index in [1.807, 2.05) is 6.07 Å². The van der Waals surface area contributed by atoms with E-state index in [0.29, 0.717) is 17.0 Å². The molecule has 3 rings (SSSR count). The third kappa shape index (κ3) is 2.29. The third-order valence-electron chi connectivity index (χ3n) is 4.04. The van der Waals surface area contributed by atoms with Gasteiger partial charge >= 0.3 is 0 Å². The van der Waals surface area contributed by atoms with Crippen LogP contribution in [0.1, 0.15) is 39.2 Å². The standard InChI is InChI=1S/C14H19ClN4/c1-8-3-9(2)5-11(4-8)19-13-12(18-14(19)16)6-10(15)7-17-13/h6-9,11H,3-5H2,1-2H3,(H2,16,18). The Morgan fingerprint density at radius 1 is 1.26 bits per heavy atom. The fourth-order valence-corrected chi connectivity index (χ4v) is 3.60. The number of rotatable bonds is 1. The van der Waals surface area contributed by atoms with Crippen LogP contribution < -0.4 is 5.73 Å². The molecule has 1 saturated carbocycles. The van der Waals surface area contributed by atoms with Gasteiger partial charge in [0, 0.05) is 12.2 Å². The van der Waals surface area contributed by atoms with Crippen LogP contribution in [-0.4, -0.2) is 14.5 Å². The number of nitrogen functional groups attached to an aromatic ring is 1. The quantitative estimate of drug-likeness (QED) is 0.866. The number of pyridine rings is 1. The van der Waals surface area contributed by atoms with Gasteiger partial charge in [0.2, 0.25) is 5.95 Å². The van der Waals surface area contributed by atoms with Gasteiger partial charge in [-0.3, -0.25) is 4.57 Å². The largest absolute Gasteiger partial charge is 0.369 e. The zero-order valence-corrected chi connectivity index (χ0v) is 12.1. The molecule has 1 aliphatic carbocycles. The first-order valence-corrected chi connectivity index (χ1v) is 7.21. The Labute approximate surface area is 118 Å². The van der Waals surface area contributed by atoms with Crippen LogP contribution in [0.3, 0.4) is 0 Å². The molecule has 0 bridgehead atoms. The van der Waals surface area contributed by atoms with Gasteiger partial charge in [0.05, 0.1) is 5.02 Å². The zero-order chi connectivity index (χ0) is 13.6. The minimum Gasteiger partial charge on any atom is -0.369 e. The van der Waals surface area contributed by atoms with Crippen LogP contribution in [-0.2, 0) is 0 Å². The van der Waals surface area contributed by atoms with Crippen LogP contribution in [0.4, 0.5) is 5.95 Å². The van der Waals surface area contributed by atoms with Crippen molar-refractivity contribution in [2.45, 2.75) is 39.2 Å². The highest BCUT2D eigenvalue weighted by Gasteiger charge is 2.28. The summed E-state index contributed by atoms with van der Waals surface area (Å²) in [5.41, 5.74) is 7.74. The van der Waals surface area contributed by atoms with Crippen molar-refractivity contribution >= 4 is 28.7 Å². The number of hydrogen-bond acceptors (Lipinski definition) is 3. The molecular formula is C14H19ClN4. The van der Waals surface area contributed by atoms with Crippen LogP contribution in [0, 0.1) is 11.8 Å². The van der Waals surface area contributed by atoms with Gasteiger partial charge < -0.3 is 5.73 Å². The van der Waals surface area contributed by atoms with Gasteiger partial charge in [0.1, 0.15) is 5.52 Å². The first kappa shape index (κ1) is 12.7. The molecule has 2 aromatic heterocycles. The molecule has 2 aromatic rings. The Balaban J connectivity index is 2.06. The predicted octanol–water partition coefficient (Wildman–Crippen LogP) is 3.66. The average molecular weight is 279 g/mol. The number of nitrogens with two attached hydrogens (primary N) is 1. The minimum absolute atomic E-state index is 0.400. The van der Waals surface area contributed by atoms with Gasteiger partial charge in [-0.2, -0.15) is 0 Å². The second-order valence-corrected chi connectivity index (χ2v) is 6.34. The lowest BCUT2D eigenvalue weighted by Gasteiger charge is -2.32. The van der Waals surface area contributed by atoms with E-state index in [2.05, 4.69) is 28.4 Å². The molecular weight excluding hydrogens is 260 g/mol. The summed E-state index contributed by atoms with van der Waals surface area (Å²) in [6.45, 7) is 4.62. The van der Waals surface area contributed by atoms with Crippen LogP contribution in [0.2, 0.25) is 5.02 Å². The van der Waals surface area contributed by atoms with E-state index < -0.39 is 0 Å². The summed E-state index contributed by atoms with van der Waals surface area (Å²) in [4.78, 5) is 8.81. The lowest BCUT2D eigenvalue weighted by Crippen LogP contribution is -2.23. The first-order chi connectivity index (χ1) is 9.04. The molecule has 2 heterocycles. The molecule has 0 spiro atoms. The fraction of sp³-hybridized carbons (Fsp3) is 0.571. The average Bonchev–Trinajstić information content (AvgIpc) is 2.62. The topological polar surface area (TPSA) is 56.7 Å². The van der Waals surface area contributed by atoms with Crippen molar-refractivity contribution in [1.82, 2.24) is 14.5 Å². The van der Waals surface area contributed by atoms with Gasteiger partial charge in [0.15, 0.2) is 5.65 Å². The summed E-state index contributed by atoms with van der Waals surface area (Å²) < 4.78 is 2.10. The van der Waals surface area contributed by atoms with E-state index in [0.717, 1.165) is 35.8 Å². The maximum absolute atomic E-state index is 6.09. The molecule has 2 unspecified atom stereocenters. The molecule has 5 heteroatoms. The van der Waals surface area contributed by atoms with Crippen molar-refractivity contribution in [3.05, 3.63) is 17.3 Å². The van der Waals surface area contributed by atoms with Gasteiger partial charge in [-0.05, 0) is 37.2 Å². The Hall–Kier alpha value is -1.29. The summed E-state index contributed by atoms with van der Waals surface area (Å²) >= 11 is 5.96. The molecule has 2 N–H and O–H groups in total. The molecule has 4 nitrogen and oxygen atoms in total. The number of halogens is 1. The SMILES string of the molecule is CC1CC(C)CC(n2c(N)nc3cc(Cl)cnc32)C1. The number of hydrogen-bond donors (Lipinski definition) is 1. The molecule has 0 aromatic carbocycles. The second-order valence-electron chi connectivity index (χ2n) is 5.91. The molecule has 1 aliphatic rings. The van der Waals surface area contributed by atoms with Crippen LogP contribution in [0.25, 0.3) is 11.2 Å². The van der Waals surface area contributed by atoms with Crippen LogP contribution in [0.15, 0.2) is 12.3 Å². The summed E-state index contributed by atoms with van der Waals surface area (Å²) in [5, 5.41) is 0.600. The Morgan fingerprint density at radius 2 is 1.95 bits per heavy atom. The van der Waals surface area contributed by atoms with Crippen LogP contribution in [0.5, 0.6) is 0 Å². The molecule has 102 valence electrons. The summed E-state index contributed by atoms with van der Waals surface area (Å²) in [6, 6.07) is 2.23. The van der Waals surface area contributed by atoms with E-state index in [-0.39, 0.29) is 0 Å². The normalized spacial score (nSPS) is 27.8. The van der Waals surface area contributed by atoms with Gasteiger partial charge in [-0.1, -0.05) is 25.4 Å². The smallest absolute Gasteiger partial charge is 0.202 e. The first-order valence-electron chi connectivity index (χ1n) is 6.83. The summed E-state index contributed by atoms with van der Waals surface area (Å²) in [7, 11) is 0. The third-order valence-corrected chi connectivity index (χ3v) is 4.25. The Kier molecular flexibility index (Phi) is 3.13. The highest BCUT2D eigenvalue weighted by atomic mass is 35.5. The van der Waals surface area contributed by atoms with Crippen molar-refractivity contribution < 1.29 is 0 Å². The van der Waals surface area contributed by atoms with E-state index in [1.165, 1.54) is 6.42 Å². The Bertz CT molecular complexity index is 597. The lowest BCUT2D eigenvalue weighted by molar-refractivity contribution is 0.226. The highest BCUT2D eigenvalue weighted by Crippen LogP contribution is 2.38. The number of aromatic nitrogens is 3. The molecule has 0 amide bonds. The van der Waals surface area contributed by atoms with Crippen molar-refractivity contribution in [2.24, 2.45) is 11.8 Å². The van der Waals surface area contributed by atoms with Crippen molar-refractivity contribution in [3.63, 3.8) is 0 Å². The maximum atomic E-state index is 6.09. The van der Waals surface area contributed by atoms with E-state index >= 15 is 0 Å². The molecule has 0 aliphatic heterocycles. The molecule has 19 heavy (non-hydrogen) atoms. The van der Waals surface area contributed by atoms with Crippen molar-refractivity contribution in [3.8, 4) is 0 Å². The molecule has 2 atom stereocenters. The van der Waals surface area contributed by atoms with Crippen molar-refractivity contribution in [2.75, 3.05) is 5.73 Å². The van der Waals surface area contributed by atoms with E-state index in [9.17, 15) is 0 Å². The van der Waals surface area contributed by atoms with Crippen LogP contribution >= 0.6 is 11.6 Å². The zero-order valence-electron chi connectivity index (χ0n) is 11.3. The number of nitrogens with zero attached hydrogens (tertiary/aromatic N) is 3. The van der Waals surface area contributed by atoms with Gasteiger partial charge in [-0.15, -0.1) is 0 Å². The minimum atomic E-state index is 0.400. The lowest BCUT2D eigenvalue weighted by atomic mass is 9.80. The number of anilines is 1. The molecule has 0 saturated heterocycles. The van der Waals surface area contributed by atoms with Crippen molar-refractivity contribution in [1.29, 1.82) is 0 Å². The number of fused-ring (bicyclic) bond motifs is 1. The number of imidazole rings is 1. The van der Waals surface area contributed by atoms with Gasteiger partial charge in [-0.25, -0.2) is 9.97 Å². The maximum Gasteiger partial charge on any atom is 0.202 e. The fourth-order valence-electron chi connectivity index (χ4n) is 3.45. The van der Waals surface area contributed by atoms with E-state index in [1.54, 1.807) is 6.20 Å². The molecule has 1 fully saturated rings.